The first-order valence-corrected chi connectivity index (χ1v) is 8.24. The van der Waals surface area contributed by atoms with Crippen molar-refractivity contribution in [2.24, 2.45) is 5.73 Å². The van der Waals surface area contributed by atoms with Crippen LogP contribution in [0.15, 0.2) is 36.5 Å². The number of ether oxygens (including phenoxy) is 1. The number of nitrogens with two attached hydrogens (primary N) is 1. The Kier molecular flexibility index (Phi) is 9.14. The van der Waals surface area contributed by atoms with E-state index < -0.39 is 0 Å². The van der Waals surface area contributed by atoms with Gasteiger partial charge < -0.3 is 15.4 Å². The van der Waals surface area contributed by atoms with E-state index in [1.165, 1.54) is 0 Å². The van der Waals surface area contributed by atoms with Crippen LogP contribution in [-0.4, -0.2) is 48.1 Å². The molecule has 0 radical (unpaired) electrons. The molecular formula is C18H25Cl2N3O2. The summed E-state index contributed by atoms with van der Waals surface area (Å²) in [7, 11) is 0. The molecule has 1 aliphatic heterocycles. The summed E-state index contributed by atoms with van der Waals surface area (Å²) in [5.74, 6) is 0.0159. The van der Waals surface area contributed by atoms with Crippen molar-refractivity contribution in [2.45, 2.75) is 25.4 Å². The monoisotopic (exact) mass is 385 g/mol. The second-order valence-electron chi connectivity index (χ2n) is 5.89. The van der Waals surface area contributed by atoms with E-state index >= 15 is 0 Å². The van der Waals surface area contributed by atoms with Gasteiger partial charge in [0.2, 0.25) is 0 Å². The van der Waals surface area contributed by atoms with Gasteiger partial charge in [-0.25, -0.2) is 0 Å². The van der Waals surface area contributed by atoms with E-state index in [0.29, 0.717) is 18.8 Å². The average Bonchev–Trinajstić information content (AvgIpc) is 2.61. The molecule has 0 aliphatic carbocycles. The number of amides is 1. The molecule has 1 aliphatic rings. The third-order valence-corrected chi connectivity index (χ3v) is 4.31. The lowest BCUT2D eigenvalue weighted by Crippen LogP contribution is -2.41. The quantitative estimate of drug-likeness (QED) is 0.802. The van der Waals surface area contributed by atoms with E-state index in [-0.39, 0.29) is 36.8 Å². The standard InChI is InChI=1S/C18H23N3O2.2ClH/c19-9-3-13-23-15-7-11-21(12-8-15)18(22)17-16-5-2-1-4-14(16)6-10-20-17;;/h1-2,4-6,10,15H,3,7-9,11-13,19H2;2*1H. The molecule has 3 rings (SSSR count). The Hall–Kier alpha value is -1.40. The van der Waals surface area contributed by atoms with Crippen molar-refractivity contribution in [3.63, 3.8) is 0 Å². The van der Waals surface area contributed by atoms with E-state index in [1.807, 2.05) is 35.2 Å². The Bertz CT molecular complexity index is 671. The number of benzene rings is 1. The molecule has 0 atom stereocenters. The molecule has 7 heteroatoms. The number of fused-ring (bicyclic) bond motifs is 1. The minimum absolute atomic E-state index is 0. The Morgan fingerprint density at radius 3 is 2.64 bits per heavy atom. The molecule has 25 heavy (non-hydrogen) atoms. The highest BCUT2D eigenvalue weighted by Gasteiger charge is 2.25. The Labute approximate surface area is 160 Å². The van der Waals surface area contributed by atoms with Crippen LogP contribution in [0, 0.1) is 0 Å². The van der Waals surface area contributed by atoms with Gasteiger partial charge in [-0.15, -0.1) is 24.8 Å². The second-order valence-corrected chi connectivity index (χ2v) is 5.89. The van der Waals surface area contributed by atoms with Gasteiger partial charge in [0.15, 0.2) is 0 Å². The van der Waals surface area contributed by atoms with Crippen molar-refractivity contribution < 1.29 is 9.53 Å². The van der Waals surface area contributed by atoms with E-state index in [4.69, 9.17) is 10.5 Å². The second kappa shape index (κ2) is 10.6. The maximum Gasteiger partial charge on any atom is 0.273 e. The van der Waals surface area contributed by atoms with E-state index in [2.05, 4.69) is 4.98 Å². The van der Waals surface area contributed by atoms with Crippen molar-refractivity contribution in [1.82, 2.24) is 9.88 Å². The van der Waals surface area contributed by atoms with Crippen LogP contribution in [0.1, 0.15) is 29.8 Å². The molecule has 1 saturated heterocycles. The topological polar surface area (TPSA) is 68.5 Å². The predicted molar refractivity (Wildman–Crippen MR) is 105 cm³/mol. The number of carbonyl (C=O) groups is 1. The number of hydrogen-bond donors (Lipinski definition) is 1. The highest BCUT2D eigenvalue weighted by molar-refractivity contribution is 6.05. The summed E-state index contributed by atoms with van der Waals surface area (Å²) in [5, 5.41) is 1.96. The van der Waals surface area contributed by atoms with E-state index in [0.717, 1.165) is 43.1 Å². The molecular weight excluding hydrogens is 361 g/mol. The number of nitrogens with zero attached hydrogens (tertiary/aromatic N) is 2. The maximum atomic E-state index is 12.8. The summed E-state index contributed by atoms with van der Waals surface area (Å²) in [6.07, 6.45) is 4.59. The molecule has 1 aromatic carbocycles. The third-order valence-electron chi connectivity index (χ3n) is 4.31. The Balaban J connectivity index is 0.00000156. The largest absolute Gasteiger partial charge is 0.378 e. The Morgan fingerprint density at radius 2 is 1.92 bits per heavy atom. The summed E-state index contributed by atoms with van der Waals surface area (Å²) in [6, 6.07) is 9.81. The van der Waals surface area contributed by atoms with Crippen LogP contribution in [0.2, 0.25) is 0 Å². The van der Waals surface area contributed by atoms with Gasteiger partial charge in [-0.2, -0.15) is 0 Å². The van der Waals surface area contributed by atoms with Gasteiger partial charge in [0.25, 0.3) is 5.91 Å². The Morgan fingerprint density at radius 1 is 1.20 bits per heavy atom. The fourth-order valence-corrected chi connectivity index (χ4v) is 3.00. The molecule has 5 nitrogen and oxygen atoms in total. The van der Waals surface area contributed by atoms with E-state index in [9.17, 15) is 4.79 Å². The molecule has 1 amide bonds. The molecule has 0 saturated carbocycles. The van der Waals surface area contributed by atoms with Crippen LogP contribution >= 0.6 is 24.8 Å². The van der Waals surface area contributed by atoms with Gasteiger partial charge in [0.1, 0.15) is 5.69 Å². The fraction of sp³-hybridized carbons (Fsp3) is 0.444. The van der Waals surface area contributed by atoms with Gasteiger partial charge in [-0.3, -0.25) is 9.78 Å². The number of halogens is 2. The molecule has 0 spiro atoms. The molecule has 138 valence electrons. The van der Waals surface area contributed by atoms with Gasteiger partial charge in [0, 0.05) is 31.3 Å². The summed E-state index contributed by atoms with van der Waals surface area (Å²) in [5.41, 5.74) is 6.02. The first-order valence-electron chi connectivity index (χ1n) is 8.24. The number of likely N-dealkylation sites (tertiary alicyclic amines) is 1. The highest BCUT2D eigenvalue weighted by atomic mass is 35.5. The van der Waals surface area contributed by atoms with Crippen LogP contribution in [0.4, 0.5) is 0 Å². The van der Waals surface area contributed by atoms with Crippen LogP contribution in [-0.2, 0) is 4.74 Å². The number of pyridine rings is 1. The zero-order chi connectivity index (χ0) is 16.1. The third kappa shape index (κ3) is 5.28. The van der Waals surface area contributed by atoms with Gasteiger partial charge in [-0.05, 0) is 37.3 Å². The first kappa shape index (κ1) is 21.6. The van der Waals surface area contributed by atoms with Crippen molar-refractivity contribution >= 4 is 41.5 Å². The van der Waals surface area contributed by atoms with Crippen LogP contribution in [0.25, 0.3) is 10.8 Å². The van der Waals surface area contributed by atoms with Crippen molar-refractivity contribution in [2.75, 3.05) is 26.2 Å². The molecule has 0 bridgehead atoms. The number of piperidine rings is 1. The van der Waals surface area contributed by atoms with Gasteiger partial charge >= 0.3 is 0 Å². The molecule has 1 aromatic heterocycles. The fourth-order valence-electron chi connectivity index (χ4n) is 3.00. The zero-order valence-electron chi connectivity index (χ0n) is 14.1. The first-order chi connectivity index (χ1) is 11.3. The van der Waals surface area contributed by atoms with Crippen molar-refractivity contribution in [3.05, 3.63) is 42.2 Å². The summed E-state index contributed by atoms with van der Waals surface area (Å²) in [4.78, 5) is 19.0. The minimum atomic E-state index is 0. The summed E-state index contributed by atoms with van der Waals surface area (Å²) in [6.45, 7) is 2.80. The van der Waals surface area contributed by atoms with Crippen LogP contribution in [0.5, 0.6) is 0 Å². The lowest BCUT2D eigenvalue weighted by molar-refractivity contribution is 0.00835. The number of hydrogen-bond acceptors (Lipinski definition) is 4. The average molecular weight is 386 g/mol. The van der Waals surface area contributed by atoms with Crippen molar-refractivity contribution in [1.29, 1.82) is 0 Å². The van der Waals surface area contributed by atoms with Crippen molar-refractivity contribution in [3.8, 4) is 0 Å². The van der Waals surface area contributed by atoms with Crippen LogP contribution < -0.4 is 5.73 Å². The predicted octanol–water partition coefficient (Wildman–Crippen LogP) is 3.05. The van der Waals surface area contributed by atoms with E-state index in [1.54, 1.807) is 6.20 Å². The SMILES string of the molecule is Cl.Cl.NCCCOC1CCN(C(=O)c2nccc3ccccc23)CC1. The molecule has 0 unspecified atom stereocenters. The molecule has 2 heterocycles. The maximum absolute atomic E-state index is 12.8. The van der Waals surface area contributed by atoms with Gasteiger partial charge in [-0.1, -0.05) is 24.3 Å². The number of rotatable bonds is 5. The molecule has 2 aromatic rings. The number of carbonyl (C=O) groups excluding carboxylic acids is 1. The molecule has 1 fully saturated rings. The lowest BCUT2D eigenvalue weighted by Gasteiger charge is -2.32. The zero-order valence-corrected chi connectivity index (χ0v) is 15.7. The summed E-state index contributed by atoms with van der Waals surface area (Å²) >= 11 is 0. The summed E-state index contributed by atoms with van der Waals surface area (Å²) < 4.78 is 5.79. The smallest absolute Gasteiger partial charge is 0.273 e. The van der Waals surface area contributed by atoms with Crippen LogP contribution in [0.3, 0.4) is 0 Å². The number of aromatic nitrogens is 1. The molecule has 2 N–H and O–H groups in total. The van der Waals surface area contributed by atoms with Gasteiger partial charge in [0.05, 0.1) is 6.10 Å². The lowest BCUT2D eigenvalue weighted by atomic mass is 10.1. The highest BCUT2D eigenvalue weighted by Crippen LogP contribution is 2.21. The minimum Gasteiger partial charge on any atom is -0.378 e. The normalized spacial score (nSPS) is 14.7.